The predicted octanol–water partition coefficient (Wildman–Crippen LogP) is 2.44. The number of carbonyl (C=O) groups excluding carboxylic acids is 1. The van der Waals surface area contributed by atoms with Gasteiger partial charge in [0.2, 0.25) is 0 Å². The summed E-state index contributed by atoms with van der Waals surface area (Å²) in [6.45, 7) is 1.82. The second-order valence-electron chi connectivity index (χ2n) is 6.50. The molecular formula is C19H16N6O4. The number of amides is 1. The lowest BCUT2D eigenvalue weighted by Crippen LogP contribution is -2.27. The van der Waals surface area contributed by atoms with Gasteiger partial charge in [0.25, 0.3) is 11.6 Å². The standard InChI is InChI=1S/C19H16N6O4/c1-11(12-5-6-15-17(9-12)22-19(27)21-15)20-18(26)16-7-8-24(23-16)13-3-2-4-14(10-13)25(28)29/h2-11H,1H3,(H,20,26)(H2,21,22,27). The molecule has 4 aromatic rings. The Balaban J connectivity index is 1.51. The van der Waals surface area contributed by atoms with Gasteiger partial charge in [-0.25, -0.2) is 9.48 Å². The number of benzene rings is 2. The van der Waals surface area contributed by atoms with Crippen LogP contribution >= 0.6 is 0 Å². The molecule has 146 valence electrons. The molecule has 2 aromatic heterocycles. The predicted molar refractivity (Wildman–Crippen MR) is 105 cm³/mol. The summed E-state index contributed by atoms with van der Waals surface area (Å²) < 4.78 is 1.41. The van der Waals surface area contributed by atoms with Gasteiger partial charge in [-0.2, -0.15) is 5.10 Å². The third-order valence-corrected chi connectivity index (χ3v) is 4.51. The Kier molecular flexibility index (Phi) is 4.43. The number of hydrogen-bond donors (Lipinski definition) is 3. The molecular weight excluding hydrogens is 376 g/mol. The highest BCUT2D eigenvalue weighted by atomic mass is 16.6. The van der Waals surface area contributed by atoms with Gasteiger partial charge in [-0.1, -0.05) is 12.1 Å². The highest BCUT2D eigenvalue weighted by Gasteiger charge is 2.16. The van der Waals surface area contributed by atoms with Gasteiger partial charge in [-0.15, -0.1) is 0 Å². The van der Waals surface area contributed by atoms with Gasteiger partial charge in [-0.05, 0) is 36.8 Å². The molecule has 0 fully saturated rings. The maximum Gasteiger partial charge on any atom is 0.323 e. The largest absolute Gasteiger partial charge is 0.344 e. The van der Waals surface area contributed by atoms with Crippen molar-refractivity contribution in [2.75, 3.05) is 0 Å². The first-order valence-corrected chi connectivity index (χ1v) is 8.74. The lowest BCUT2D eigenvalue weighted by Gasteiger charge is -2.13. The van der Waals surface area contributed by atoms with Crippen molar-refractivity contribution < 1.29 is 9.72 Å². The molecule has 3 N–H and O–H groups in total. The molecule has 29 heavy (non-hydrogen) atoms. The number of non-ortho nitro benzene ring substituents is 1. The van der Waals surface area contributed by atoms with Gasteiger partial charge in [0.1, 0.15) is 0 Å². The number of nitro benzene ring substituents is 1. The van der Waals surface area contributed by atoms with Gasteiger partial charge in [0.15, 0.2) is 5.69 Å². The number of fused-ring (bicyclic) bond motifs is 1. The molecule has 0 bridgehead atoms. The van der Waals surface area contributed by atoms with Crippen LogP contribution in [0.3, 0.4) is 0 Å². The number of rotatable bonds is 5. The summed E-state index contributed by atoms with van der Waals surface area (Å²) in [7, 11) is 0. The number of carbonyl (C=O) groups is 1. The minimum absolute atomic E-state index is 0.0594. The van der Waals surface area contributed by atoms with Crippen molar-refractivity contribution in [3.8, 4) is 5.69 Å². The second-order valence-corrected chi connectivity index (χ2v) is 6.50. The maximum absolute atomic E-state index is 12.6. The van der Waals surface area contributed by atoms with E-state index in [1.807, 2.05) is 13.0 Å². The monoisotopic (exact) mass is 392 g/mol. The Morgan fingerprint density at radius 2 is 1.97 bits per heavy atom. The fourth-order valence-electron chi connectivity index (χ4n) is 3.01. The smallest absolute Gasteiger partial charge is 0.323 e. The molecule has 0 spiro atoms. The summed E-state index contributed by atoms with van der Waals surface area (Å²) in [6, 6.07) is 12.6. The number of H-pyrrole nitrogens is 2. The van der Waals surface area contributed by atoms with E-state index in [0.717, 1.165) is 5.56 Å². The topological polar surface area (TPSA) is 139 Å². The van der Waals surface area contributed by atoms with Crippen LogP contribution in [0, 0.1) is 10.1 Å². The number of aromatic nitrogens is 4. The van der Waals surface area contributed by atoms with Crippen molar-refractivity contribution in [2.24, 2.45) is 0 Å². The third kappa shape index (κ3) is 3.63. The Morgan fingerprint density at radius 3 is 2.76 bits per heavy atom. The first kappa shape index (κ1) is 18.2. The number of nitrogens with one attached hydrogen (secondary N) is 3. The Bertz CT molecular complexity index is 1290. The van der Waals surface area contributed by atoms with Gasteiger partial charge < -0.3 is 15.3 Å². The van der Waals surface area contributed by atoms with Crippen molar-refractivity contribution in [1.82, 2.24) is 25.1 Å². The van der Waals surface area contributed by atoms with Crippen LogP contribution in [0.4, 0.5) is 5.69 Å². The zero-order valence-electron chi connectivity index (χ0n) is 15.2. The summed E-state index contributed by atoms with van der Waals surface area (Å²) in [6.07, 6.45) is 1.56. The van der Waals surface area contributed by atoms with Crippen LogP contribution in [0.2, 0.25) is 0 Å². The van der Waals surface area contributed by atoms with Crippen LogP contribution in [0.5, 0.6) is 0 Å². The summed E-state index contributed by atoms with van der Waals surface area (Å²) >= 11 is 0. The van der Waals surface area contributed by atoms with E-state index in [0.29, 0.717) is 16.7 Å². The lowest BCUT2D eigenvalue weighted by molar-refractivity contribution is -0.384. The average molecular weight is 392 g/mol. The normalized spacial score (nSPS) is 12.0. The molecule has 1 atom stereocenters. The number of hydrogen-bond acceptors (Lipinski definition) is 5. The Hall–Kier alpha value is -4.21. The molecule has 10 heteroatoms. The fourth-order valence-corrected chi connectivity index (χ4v) is 3.01. The first-order chi connectivity index (χ1) is 13.9. The molecule has 0 aliphatic heterocycles. The first-order valence-electron chi connectivity index (χ1n) is 8.74. The van der Waals surface area contributed by atoms with E-state index in [1.165, 1.54) is 22.9 Å². The Morgan fingerprint density at radius 1 is 1.17 bits per heavy atom. The van der Waals surface area contributed by atoms with Gasteiger partial charge in [0, 0.05) is 18.3 Å². The van der Waals surface area contributed by atoms with Crippen molar-refractivity contribution >= 4 is 22.6 Å². The molecule has 0 aliphatic rings. The van der Waals surface area contributed by atoms with E-state index in [9.17, 15) is 19.7 Å². The van der Waals surface area contributed by atoms with E-state index in [2.05, 4.69) is 20.4 Å². The van der Waals surface area contributed by atoms with Gasteiger partial charge in [-0.3, -0.25) is 14.9 Å². The number of imidazole rings is 1. The van der Waals surface area contributed by atoms with Crippen LogP contribution in [0.1, 0.15) is 29.0 Å². The Labute approximate surface area is 163 Å². The molecule has 0 radical (unpaired) electrons. The highest BCUT2D eigenvalue weighted by molar-refractivity contribution is 5.92. The number of nitro groups is 1. The number of aromatic amines is 2. The maximum atomic E-state index is 12.6. The number of nitrogens with zero attached hydrogens (tertiary/aromatic N) is 3. The van der Waals surface area contributed by atoms with E-state index in [-0.39, 0.29) is 29.0 Å². The molecule has 1 unspecified atom stereocenters. The van der Waals surface area contributed by atoms with E-state index in [1.54, 1.807) is 30.5 Å². The lowest BCUT2D eigenvalue weighted by atomic mass is 10.1. The fraction of sp³-hybridized carbons (Fsp3) is 0.105. The van der Waals surface area contributed by atoms with Crippen molar-refractivity contribution in [3.63, 3.8) is 0 Å². The molecule has 4 rings (SSSR count). The minimum Gasteiger partial charge on any atom is -0.344 e. The molecule has 0 saturated heterocycles. The average Bonchev–Trinajstić information content (AvgIpc) is 3.33. The van der Waals surface area contributed by atoms with Gasteiger partial charge >= 0.3 is 5.69 Å². The molecule has 1 amide bonds. The quantitative estimate of drug-likeness (QED) is 0.354. The molecule has 0 saturated carbocycles. The van der Waals surface area contributed by atoms with E-state index < -0.39 is 4.92 Å². The summed E-state index contributed by atoms with van der Waals surface area (Å²) in [5.74, 6) is -0.385. The SMILES string of the molecule is CC(NC(=O)c1ccn(-c2cccc([N+](=O)[O-])c2)n1)c1ccc2[nH]c(=O)[nH]c2c1. The van der Waals surface area contributed by atoms with E-state index in [4.69, 9.17) is 0 Å². The minimum atomic E-state index is -0.489. The van der Waals surface area contributed by atoms with Crippen molar-refractivity contribution in [3.05, 3.63) is 86.6 Å². The molecule has 2 heterocycles. The zero-order valence-corrected chi connectivity index (χ0v) is 15.2. The third-order valence-electron chi connectivity index (χ3n) is 4.51. The van der Waals surface area contributed by atoms with Crippen LogP contribution in [-0.4, -0.2) is 30.6 Å². The zero-order chi connectivity index (χ0) is 20.5. The van der Waals surface area contributed by atoms with Crippen molar-refractivity contribution in [2.45, 2.75) is 13.0 Å². The van der Waals surface area contributed by atoms with E-state index >= 15 is 0 Å². The summed E-state index contributed by atoms with van der Waals surface area (Å²) in [5.41, 5.74) is 2.47. The van der Waals surface area contributed by atoms with Gasteiger partial charge in [0.05, 0.1) is 27.7 Å². The van der Waals surface area contributed by atoms with Crippen LogP contribution in [0.15, 0.2) is 59.5 Å². The van der Waals surface area contributed by atoms with Crippen LogP contribution in [-0.2, 0) is 0 Å². The highest BCUT2D eigenvalue weighted by Crippen LogP contribution is 2.19. The summed E-state index contributed by atoms with van der Waals surface area (Å²) in [4.78, 5) is 39.7. The molecule has 0 aliphatic carbocycles. The van der Waals surface area contributed by atoms with Crippen LogP contribution in [0.25, 0.3) is 16.7 Å². The molecule has 2 aromatic carbocycles. The van der Waals surface area contributed by atoms with Crippen LogP contribution < -0.4 is 11.0 Å². The van der Waals surface area contributed by atoms with Crippen molar-refractivity contribution in [1.29, 1.82) is 0 Å². The summed E-state index contributed by atoms with van der Waals surface area (Å²) in [5, 5.41) is 18.0. The molecule has 10 nitrogen and oxygen atoms in total. The second kappa shape index (κ2) is 7.08.